The normalized spacial score (nSPS) is 11.7. The van der Waals surface area contributed by atoms with Gasteiger partial charge in [0.1, 0.15) is 13.7 Å². The molecule has 82 valence electrons. The van der Waals surface area contributed by atoms with E-state index in [1.165, 1.54) is 17.8 Å². The molecule has 15 heavy (non-hydrogen) atoms. The number of hydrogen-bond donors (Lipinski definition) is 1. The number of thioether (sulfide) groups is 1. The topological polar surface area (TPSA) is 26.0 Å². The van der Waals surface area contributed by atoms with Crippen molar-refractivity contribution < 1.29 is 4.39 Å². The lowest BCUT2D eigenvalue weighted by Crippen LogP contribution is -2.05. The lowest BCUT2D eigenvalue weighted by atomic mass is 9.74. The first-order valence-corrected chi connectivity index (χ1v) is 5.96. The molecule has 0 bridgehead atoms. The molecule has 0 spiro atoms. The molecule has 0 aromatic heterocycles. The molecule has 0 unspecified atom stereocenters. The van der Waals surface area contributed by atoms with Gasteiger partial charge in [-0.15, -0.1) is 11.8 Å². The molecule has 0 aliphatic rings. The average molecular weight is 225 g/mol. The predicted molar refractivity (Wildman–Crippen MR) is 68.9 cm³/mol. The maximum atomic E-state index is 13.5. The van der Waals surface area contributed by atoms with Gasteiger partial charge in [0.25, 0.3) is 0 Å². The Hall–Kier alpha value is -0.635. The van der Waals surface area contributed by atoms with Crippen molar-refractivity contribution in [1.82, 2.24) is 0 Å². The standard InChI is InChI=1S/C11H17BFNS/c1-7-4-8(13)10(5-9(7)14)15-6-11(2,3)12/h4-5H,6,12,14H2,1-3H3. The van der Waals surface area contributed by atoms with Crippen LogP contribution in [0.3, 0.4) is 0 Å². The van der Waals surface area contributed by atoms with Crippen molar-refractivity contribution in [3.05, 3.63) is 23.5 Å². The van der Waals surface area contributed by atoms with E-state index >= 15 is 0 Å². The summed E-state index contributed by atoms with van der Waals surface area (Å²) in [5.41, 5.74) is 7.21. The monoisotopic (exact) mass is 225 g/mol. The molecule has 0 aliphatic heterocycles. The number of anilines is 1. The Morgan fingerprint density at radius 2 is 2.07 bits per heavy atom. The predicted octanol–water partition coefficient (Wildman–Crippen LogP) is 2.64. The van der Waals surface area contributed by atoms with E-state index in [0.717, 1.165) is 11.3 Å². The van der Waals surface area contributed by atoms with E-state index in [1.807, 2.05) is 6.92 Å². The van der Waals surface area contributed by atoms with Crippen LogP contribution in [0.5, 0.6) is 0 Å². The second kappa shape index (κ2) is 4.48. The molecule has 1 aromatic carbocycles. The van der Waals surface area contributed by atoms with Crippen LogP contribution in [0.15, 0.2) is 17.0 Å². The fourth-order valence-corrected chi connectivity index (χ4v) is 2.07. The number of benzene rings is 1. The van der Waals surface area contributed by atoms with Crippen LogP contribution < -0.4 is 5.73 Å². The molecule has 0 amide bonds. The van der Waals surface area contributed by atoms with Crippen LogP contribution >= 0.6 is 11.8 Å². The molecule has 1 rings (SSSR count). The third kappa shape index (κ3) is 3.78. The van der Waals surface area contributed by atoms with Crippen LogP contribution in [-0.2, 0) is 0 Å². The third-order valence-corrected chi connectivity index (χ3v) is 3.62. The molecule has 0 atom stereocenters. The van der Waals surface area contributed by atoms with Gasteiger partial charge in [-0.05, 0) is 30.4 Å². The summed E-state index contributed by atoms with van der Waals surface area (Å²) in [5, 5.41) is 0.191. The summed E-state index contributed by atoms with van der Waals surface area (Å²) in [5.74, 6) is 0.711. The molecular weight excluding hydrogens is 208 g/mol. The van der Waals surface area contributed by atoms with E-state index in [4.69, 9.17) is 5.73 Å². The van der Waals surface area contributed by atoms with Crippen LogP contribution in [-0.4, -0.2) is 13.6 Å². The molecule has 0 saturated carbocycles. The zero-order valence-corrected chi connectivity index (χ0v) is 10.5. The number of aryl methyl sites for hydroxylation is 1. The zero-order chi connectivity index (χ0) is 11.6. The van der Waals surface area contributed by atoms with Crippen LogP contribution in [0.25, 0.3) is 0 Å². The van der Waals surface area contributed by atoms with E-state index in [9.17, 15) is 4.39 Å². The van der Waals surface area contributed by atoms with Crippen molar-refractivity contribution in [2.45, 2.75) is 31.0 Å². The van der Waals surface area contributed by atoms with Gasteiger partial charge in [0, 0.05) is 10.6 Å². The molecule has 1 aromatic rings. The minimum Gasteiger partial charge on any atom is -0.398 e. The van der Waals surface area contributed by atoms with E-state index in [2.05, 4.69) is 21.7 Å². The number of halogens is 1. The molecule has 0 heterocycles. The number of nitrogen functional groups attached to an aromatic ring is 1. The lowest BCUT2D eigenvalue weighted by Gasteiger charge is -2.17. The van der Waals surface area contributed by atoms with Crippen molar-refractivity contribution in [3.8, 4) is 0 Å². The minimum absolute atomic E-state index is 0.170. The quantitative estimate of drug-likeness (QED) is 0.486. The van der Waals surface area contributed by atoms with Gasteiger partial charge in [-0.1, -0.05) is 19.2 Å². The van der Waals surface area contributed by atoms with Crippen molar-refractivity contribution >= 4 is 25.3 Å². The highest BCUT2D eigenvalue weighted by Gasteiger charge is 2.13. The van der Waals surface area contributed by atoms with Crippen molar-refractivity contribution in [2.75, 3.05) is 11.5 Å². The second-order valence-electron chi connectivity index (χ2n) is 4.99. The maximum absolute atomic E-state index is 13.5. The summed E-state index contributed by atoms with van der Waals surface area (Å²) >= 11 is 1.52. The number of hydrogen-bond acceptors (Lipinski definition) is 2. The largest absolute Gasteiger partial charge is 0.398 e. The van der Waals surface area contributed by atoms with Crippen LogP contribution in [0.4, 0.5) is 10.1 Å². The van der Waals surface area contributed by atoms with E-state index in [0.29, 0.717) is 10.6 Å². The minimum atomic E-state index is -0.170. The van der Waals surface area contributed by atoms with Crippen LogP contribution in [0.1, 0.15) is 19.4 Å². The summed E-state index contributed by atoms with van der Waals surface area (Å²) in [7, 11) is 2.13. The highest BCUT2D eigenvalue weighted by molar-refractivity contribution is 7.99. The molecule has 0 aliphatic carbocycles. The van der Waals surface area contributed by atoms with Gasteiger partial charge in [-0.25, -0.2) is 4.39 Å². The van der Waals surface area contributed by atoms with Crippen molar-refractivity contribution in [1.29, 1.82) is 0 Å². The Morgan fingerprint density at radius 1 is 1.47 bits per heavy atom. The van der Waals surface area contributed by atoms with Crippen LogP contribution in [0, 0.1) is 12.7 Å². The molecule has 2 N–H and O–H groups in total. The number of nitrogens with two attached hydrogens (primary N) is 1. The summed E-state index contributed by atoms with van der Waals surface area (Å²) in [4.78, 5) is 0.646. The number of rotatable bonds is 3. The Morgan fingerprint density at radius 3 is 2.60 bits per heavy atom. The van der Waals surface area contributed by atoms with E-state index < -0.39 is 0 Å². The fourth-order valence-electron chi connectivity index (χ4n) is 1.07. The molecular formula is C11H17BFNS. The summed E-state index contributed by atoms with van der Waals surface area (Å²) in [6, 6.07) is 3.22. The summed E-state index contributed by atoms with van der Waals surface area (Å²) in [6.45, 7) is 6.08. The molecule has 0 radical (unpaired) electrons. The smallest absolute Gasteiger partial charge is 0.137 e. The van der Waals surface area contributed by atoms with Gasteiger partial charge in [0.2, 0.25) is 0 Å². The summed E-state index contributed by atoms with van der Waals surface area (Å²) in [6.07, 6.45) is 0. The molecule has 4 heteroatoms. The Kier molecular flexibility index (Phi) is 3.71. The first-order valence-electron chi connectivity index (χ1n) is 4.98. The Bertz CT molecular complexity index is 360. The van der Waals surface area contributed by atoms with Crippen LogP contribution in [0.2, 0.25) is 5.31 Å². The lowest BCUT2D eigenvalue weighted by molar-refractivity contribution is 0.600. The zero-order valence-electron chi connectivity index (χ0n) is 9.73. The van der Waals surface area contributed by atoms with Gasteiger partial charge < -0.3 is 5.73 Å². The highest BCUT2D eigenvalue weighted by Crippen LogP contribution is 2.33. The van der Waals surface area contributed by atoms with Crippen molar-refractivity contribution in [2.24, 2.45) is 0 Å². The van der Waals surface area contributed by atoms with Gasteiger partial charge in [0.15, 0.2) is 0 Å². The summed E-state index contributed by atoms with van der Waals surface area (Å²) < 4.78 is 13.5. The van der Waals surface area contributed by atoms with Gasteiger partial charge >= 0.3 is 0 Å². The van der Waals surface area contributed by atoms with Gasteiger partial charge in [0.05, 0.1) is 0 Å². The van der Waals surface area contributed by atoms with E-state index in [1.54, 1.807) is 6.07 Å². The van der Waals surface area contributed by atoms with Crippen molar-refractivity contribution in [3.63, 3.8) is 0 Å². The fraction of sp³-hybridized carbons (Fsp3) is 0.455. The maximum Gasteiger partial charge on any atom is 0.137 e. The first-order chi connectivity index (χ1) is 6.79. The molecule has 1 nitrogen and oxygen atoms in total. The Balaban J connectivity index is 2.82. The first kappa shape index (κ1) is 12.4. The van der Waals surface area contributed by atoms with Gasteiger partial charge in [-0.3, -0.25) is 0 Å². The van der Waals surface area contributed by atoms with E-state index in [-0.39, 0.29) is 11.1 Å². The van der Waals surface area contributed by atoms with Gasteiger partial charge in [-0.2, -0.15) is 0 Å². The average Bonchev–Trinajstić information content (AvgIpc) is 2.07. The second-order valence-corrected chi connectivity index (χ2v) is 6.01. The molecule has 0 saturated heterocycles. The highest BCUT2D eigenvalue weighted by atomic mass is 32.2. The Labute approximate surface area is 96.0 Å². The third-order valence-electron chi connectivity index (χ3n) is 1.98. The SMILES string of the molecule is BC(C)(C)CSc1cc(N)c(C)cc1F. The molecule has 0 fully saturated rings.